The van der Waals surface area contributed by atoms with Crippen molar-refractivity contribution < 1.29 is 4.79 Å². The first-order valence-electron chi connectivity index (χ1n) is 6.02. The number of amides is 1. The Morgan fingerprint density at radius 2 is 2.00 bits per heavy atom. The van der Waals surface area contributed by atoms with Gasteiger partial charge in [-0.2, -0.15) is 0 Å². The second kappa shape index (κ2) is 4.28. The molecule has 0 aromatic heterocycles. The lowest BCUT2D eigenvalue weighted by molar-refractivity contribution is 0.0996. The summed E-state index contributed by atoms with van der Waals surface area (Å²) in [5.74, 6) is -0.0207. The molecule has 0 radical (unpaired) electrons. The fraction of sp³-hybridized carbons (Fsp3) is 0.133. The molecule has 4 heteroatoms. The smallest absolute Gasteiger partial charge is 0.259 e. The van der Waals surface area contributed by atoms with E-state index < -0.39 is 0 Å². The van der Waals surface area contributed by atoms with Gasteiger partial charge in [-0.1, -0.05) is 23.7 Å². The molecule has 0 fully saturated rings. The number of benzene rings is 2. The largest absolute Gasteiger partial charge is 0.399 e. The van der Waals surface area contributed by atoms with Gasteiger partial charge in [0, 0.05) is 22.0 Å². The first-order chi connectivity index (χ1) is 9.06. The third-order valence-corrected chi connectivity index (χ3v) is 3.64. The van der Waals surface area contributed by atoms with Gasteiger partial charge in [-0.3, -0.25) is 4.79 Å². The van der Waals surface area contributed by atoms with Crippen molar-refractivity contribution in [3.8, 4) is 0 Å². The Morgan fingerprint density at radius 3 is 2.79 bits per heavy atom. The summed E-state index contributed by atoms with van der Waals surface area (Å²) < 4.78 is 0. The lowest BCUT2D eigenvalue weighted by atomic mass is 10.1. The van der Waals surface area contributed by atoms with Crippen molar-refractivity contribution in [3.63, 3.8) is 0 Å². The van der Waals surface area contributed by atoms with Crippen molar-refractivity contribution in [2.24, 2.45) is 0 Å². The number of carbonyl (C=O) groups excluding carboxylic acids is 1. The van der Waals surface area contributed by atoms with E-state index in [0.29, 0.717) is 22.8 Å². The zero-order valence-corrected chi connectivity index (χ0v) is 11.2. The number of carbonyl (C=O) groups is 1. The van der Waals surface area contributed by atoms with E-state index >= 15 is 0 Å². The highest BCUT2D eigenvalue weighted by atomic mass is 35.5. The van der Waals surface area contributed by atoms with Crippen molar-refractivity contribution in [1.29, 1.82) is 0 Å². The minimum absolute atomic E-state index is 0.0207. The van der Waals surface area contributed by atoms with Crippen molar-refractivity contribution in [2.45, 2.75) is 13.5 Å². The minimum Gasteiger partial charge on any atom is -0.399 e. The number of rotatable bonds is 1. The van der Waals surface area contributed by atoms with Crippen molar-refractivity contribution in [3.05, 3.63) is 58.1 Å². The van der Waals surface area contributed by atoms with Crippen LogP contribution in [0.3, 0.4) is 0 Å². The third-order valence-electron chi connectivity index (χ3n) is 3.40. The second-order valence-corrected chi connectivity index (χ2v) is 5.18. The fourth-order valence-corrected chi connectivity index (χ4v) is 2.55. The predicted octanol–water partition coefficient (Wildman–Crippen LogP) is 3.39. The van der Waals surface area contributed by atoms with Gasteiger partial charge in [0.25, 0.3) is 5.91 Å². The molecule has 1 aliphatic heterocycles. The van der Waals surface area contributed by atoms with Crippen LogP contribution in [-0.2, 0) is 6.54 Å². The average Bonchev–Trinajstić information content (AvgIpc) is 2.70. The standard InChI is InChI=1S/C15H13ClN2O/c1-9-2-4-11(16)6-14(9)18-8-10-3-5-12(17)7-13(10)15(18)19/h2-7H,8,17H2,1H3. The van der Waals surface area contributed by atoms with Gasteiger partial charge in [0.15, 0.2) is 0 Å². The van der Waals surface area contributed by atoms with Gasteiger partial charge in [-0.15, -0.1) is 0 Å². The summed E-state index contributed by atoms with van der Waals surface area (Å²) in [6.45, 7) is 2.53. The van der Waals surface area contributed by atoms with Crippen LogP contribution in [0.4, 0.5) is 11.4 Å². The molecular formula is C15H13ClN2O. The number of nitrogens with two attached hydrogens (primary N) is 1. The van der Waals surface area contributed by atoms with Gasteiger partial charge in [0.05, 0.1) is 6.54 Å². The molecule has 19 heavy (non-hydrogen) atoms. The first kappa shape index (κ1) is 12.1. The van der Waals surface area contributed by atoms with Crippen LogP contribution in [0.1, 0.15) is 21.5 Å². The summed E-state index contributed by atoms with van der Waals surface area (Å²) >= 11 is 6.02. The molecule has 2 aromatic rings. The lowest BCUT2D eigenvalue weighted by Crippen LogP contribution is -2.23. The molecule has 0 aliphatic carbocycles. The number of nitrogen functional groups attached to an aromatic ring is 1. The van der Waals surface area contributed by atoms with Gasteiger partial charge in [0.2, 0.25) is 0 Å². The van der Waals surface area contributed by atoms with Crippen molar-refractivity contribution >= 4 is 28.9 Å². The van der Waals surface area contributed by atoms with Crippen LogP contribution < -0.4 is 10.6 Å². The number of halogens is 1. The maximum Gasteiger partial charge on any atom is 0.259 e. The molecule has 3 nitrogen and oxygen atoms in total. The van der Waals surface area contributed by atoms with Gasteiger partial charge in [-0.25, -0.2) is 0 Å². The van der Waals surface area contributed by atoms with E-state index in [0.717, 1.165) is 16.8 Å². The molecule has 1 aliphatic rings. The molecule has 96 valence electrons. The highest BCUT2D eigenvalue weighted by molar-refractivity contribution is 6.31. The Kier molecular flexibility index (Phi) is 2.72. The SMILES string of the molecule is Cc1ccc(Cl)cc1N1Cc2ccc(N)cc2C1=O. The summed E-state index contributed by atoms with van der Waals surface area (Å²) in [5.41, 5.74) is 9.91. The van der Waals surface area contributed by atoms with Crippen LogP contribution >= 0.6 is 11.6 Å². The summed E-state index contributed by atoms with van der Waals surface area (Å²) in [4.78, 5) is 14.2. The fourth-order valence-electron chi connectivity index (χ4n) is 2.39. The molecule has 3 rings (SSSR count). The number of anilines is 2. The van der Waals surface area contributed by atoms with Gasteiger partial charge >= 0.3 is 0 Å². The minimum atomic E-state index is -0.0207. The molecule has 0 spiro atoms. The number of hydrogen-bond donors (Lipinski definition) is 1. The van der Waals surface area contributed by atoms with Crippen LogP contribution in [0.5, 0.6) is 0 Å². The summed E-state index contributed by atoms with van der Waals surface area (Å²) in [7, 11) is 0. The summed E-state index contributed by atoms with van der Waals surface area (Å²) in [5, 5.41) is 0.629. The normalized spacial score (nSPS) is 13.8. The van der Waals surface area contributed by atoms with E-state index in [2.05, 4.69) is 0 Å². The predicted molar refractivity (Wildman–Crippen MR) is 77.6 cm³/mol. The lowest BCUT2D eigenvalue weighted by Gasteiger charge is -2.18. The van der Waals surface area contributed by atoms with E-state index in [1.54, 1.807) is 11.0 Å². The Bertz CT molecular complexity index is 682. The number of aryl methyl sites for hydroxylation is 1. The summed E-state index contributed by atoms with van der Waals surface area (Å²) in [6, 6.07) is 11.0. The average molecular weight is 273 g/mol. The maximum atomic E-state index is 12.4. The zero-order chi connectivity index (χ0) is 13.6. The quantitative estimate of drug-likeness (QED) is 0.809. The van der Waals surface area contributed by atoms with Crippen molar-refractivity contribution in [1.82, 2.24) is 0 Å². The van der Waals surface area contributed by atoms with Crippen LogP contribution in [0.2, 0.25) is 5.02 Å². The van der Waals surface area contributed by atoms with E-state index in [-0.39, 0.29) is 5.91 Å². The molecule has 0 saturated carbocycles. The van der Waals surface area contributed by atoms with Crippen LogP contribution in [0.25, 0.3) is 0 Å². The number of hydrogen-bond acceptors (Lipinski definition) is 2. The molecular weight excluding hydrogens is 260 g/mol. The summed E-state index contributed by atoms with van der Waals surface area (Å²) in [6.07, 6.45) is 0. The number of fused-ring (bicyclic) bond motifs is 1. The maximum absolute atomic E-state index is 12.4. The molecule has 0 saturated heterocycles. The second-order valence-electron chi connectivity index (χ2n) is 4.74. The van der Waals surface area contributed by atoms with Crippen LogP contribution in [-0.4, -0.2) is 5.91 Å². The number of nitrogens with zero attached hydrogens (tertiary/aromatic N) is 1. The Morgan fingerprint density at radius 1 is 1.21 bits per heavy atom. The highest BCUT2D eigenvalue weighted by Crippen LogP contribution is 2.32. The Hall–Kier alpha value is -2.00. The highest BCUT2D eigenvalue weighted by Gasteiger charge is 2.29. The van der Waals surface area contributed by atoms with Crippen LogP contribution in [0, 0.1) is 6.92 Å². The molecule has 0 atom stereocenters. The molecule has 2 aromatic carbocycles. The monoisotopic (exact) mass is 272 g/mol. The van der Waals surface area contributed by atoms with Gasteiger partial charge < -0.3 is 10.6 Å². The van der Waals surface area contributed by atoms with Crippen LogP contribution in [0.15, 0.2) is 36.4 Å². The molecule has 2 N–H and O–H groups in total. The Labute approximate surface area is 116 Å². The van der Waals surface area contributed by atoms with E-state index in [4.69, 9.17) is 17.3 Å². The van der Waals surface area contributed by atoms with E-state index in [1.165, 1.54) is 0 Å². The Balaban J connectivity index is 2.06. The van der Waals surface area contributed by atoms with Gasteiger partial charge in [-0.05, 0) is 42.3 Å². The topological polar surface area (TPSA) is 46.3 Å². The van der Waals surface area contributed by atoms with E-state index in [9.17, 15) is 4.79 Å². The zero-order valence-electron chi connectivity index (χ0n) is 10.5. The van der Waals surface area contributed by atoms with Crippen molar-refractivity contribution in [2.75, 3.05) is 10.6 Å². The molecule has 1 amide bonds. The van der Waals surface area contributed by atoms with E-state index in [1.807, 2.05) is 37.3 Å². The molecule has 0 unspecified atom stereocenters. The third kappa shape index (κ3) is 1.96. The van der Waals surface area contributed by atoms with Gasteiger partial charge in [0.1, 0.15) is 0 Å². The molecule has 0 bridgehead atoms. The molecule has 1 heterocycles. The first-order valence-corrected chi connectivity index (χ1v) is 6.40.